The quantitative estimate of drug-likeness (QED) is 0.677. The standard InChI is InChI=1S/C16H17NO2/c1-10-5-4-6-13(15(10)17)16(18)12-7-8-14(19-3)11(2)9-12/h4-9H,17H2,1-3H3. The average Bonchev–Trinajstić information content (AvgIpc) is 2.41. The molecule has 0 aliphatic heterocycles. The van der Waals surface area contributed by atoms with Gasteiger partial charge in [0.2, 0.25) is 0 Å². The molecule has 3 nitrogen and oxygen atoms in total. The predicted octanol–water partition coefficient (Wildman–Crippen LogP) is 3.13. The maximum absolute atomic E-state index is 12.5. The summed E-state index contributed by atoms with van der Waals surface area (Å²) < 4.78 is 5.19. The Morgan fingerprint density at radius 1 is 1.11 bits per heavy atom. The molecular weight excluding hydrogens is 238 g/mol. The van der Waals surface area contributed by atoms with Gasteiger partial charge in [-0.05, 0) is 49.2 Å². The first-order valence-electron chi connectivity index (χ1n) is 6.09. The van der Waals surface area contributed by atoms with Gasteiger partial charge in [-0.1, -0.05) is 12.1 Å². The second kappa shape index (κ2) is 5.14. The lowest BCUT2D eigenvalue weighted by Crippen LogP contribution is -2.07. The normalized spacial score (nSPS) is 10.3. The molecule has 2 rings (SSSR count). The second-order valence-electron chi connectivity index (χ2n) is 4.55. The van der Waals surface area contributed by atoms with Gasteiger partial charge < -0.3 is 10.5 Å². The third-order valence-electron chi connectivity index (χ3n) is 3.23. The summed E-state index contributed by atoms with van der Waals surface area (Å²) in [7, 11) is 1.61. The van der Waals surface area contributed by atoms with Gasteiger partial charge in [0, 0.05) is 16.8 Å². The first-order chi connectivity index (χ1) is 9.04. The number of aryl methyl sites for hydroxylation is 2. The highest BCUT2D eigenvalue weighted by Crippen LogP contribution is 2.23. The lowest BCUT2D eigenvalue weighted by molar-refractivity contribution is 0.103. The minimum Gasteiger partial charge on any atom is -0.496 e. The van der Waals surface area contributed by atoms with Gasteiger partial charge in [0.25, 0.3) is 0 Å². The summed E-state index contributed by atoms with van der Waals surface area (Å²) in [5, 5.41) is 0. The first-order valence-corrected chi connectivity index (χ1v) is 6.09. The number of nitrogen functional groups attached to an aromatic ring is 1. The molecule has 98 valence electrons. The van der Waals surface area contributed by atoms with Crippen molar-refractivity contribution in [3.8, 4) is 5.75 Å². The van der Waals surface area contributed by atoms with Crippen LogP contribution in [0.2, 0.25) is 0 Å². The molecule has 0 fully saturated rings. The van der Waals surface area contributed by atoms with Gasteiger partial charge in [-0.15, -0.1) is 0 Å². The molecule has 2 N–H and O–H groups in total. The van der Waals surface area contributed by atoms with E-state index < -0.39 is 0 Å². The minimum atomic E-state index is -0.0630. The predicted molar refractivity (Wildman–Crippen MR) is 76.8 cm³/mol. The molecule has 2 aromatic carbocycles. The third-order valence-corrected chi connectivity index (χ3v) is 3.23. The molecule has 0 aromatic heterocycles. The molecule has 3 heteroatoms. The van der Waals surface area contributed by atoms with Crippen LogP contribution in [0.5, 0.6) is 5.75 Å². The summed E-state index contributed by atoms with van der Waals surface area (Å²) in [5.74, 6) is 0.709. The monoisotopic (exact) mass is 255 g/mol. The lowest BCUT2D eigenvalue weighted by atomic mass is 9.98. The van der Waals surface area contributed by atoms with E-state index in [1.165, 1.54) is 0 Å². The van der Waals surface area contributed by atoms with Crippen LogP contribution in [0.25, 0.3) is 0 Å². The molecular formula is C16H17NO2. The second-order valence-corrected chi connectivity index (χ2v) is 4.55. The molecule has 0 heterocycles. The van der Waals surface area contributed by atoms with E-state index in [0.29, 0.717) is 16.8 Å². The zero-order valence-corrected chi connectivity index (χ0v) is 11.4. The van der Waals surface area contributed by atoms with Crippen LogP contribution in [0, 0.1) is 13.8 Å². The Morgan fingerprint density at radius 2 is 1.84 bits per heavy atom. The van der Waals surface area contributed by atoms with Gasteiger partial charge in [-0.3, -0.25) is 4.79 Å². The number of hydrogen-bond donors (Lipinski definition) is 1. The van der Waals surface area contributed by atoms with Crippen LogP contribution in [0.4, 0.5) is 5.69 Å². The van der Waals surface area contributed by atoms with E-state index in [2.05, 4.69) is 0 Å². The van der Waals surface area contributed by atoms with Crippen molar-refractivity contribution in [2.24, 2.45) is 0 Å². The minimum absolute atomic E-state index is 0.0630. The zero-order chi connectivity index (χ0) is 14.0. The largest absolute Gasteiger partial charge is 0.496 e. The van der Waals surface area contributed by atoms with Crippen LogP contribution in [-0.2, 0) is 0 Å². The van der Waals surface area contributed by atoms with Crippen molar-refractivity contribution in [3.63, 3.8) is 0 Å². The molecule has 0 aliphatic carbocycles. The third kappa shape index (κ3) is 2.45. The van der Waals surface area contributed by atoms with E-state index in [1.54, 1.807) is 25.3 Å². The molecule has 0 saturated carbocycles. The van der Waals surface area contributed by atoms with Gasteiger partial charge in [-0.2, -0.15) is 0 Å². The molecule has 0 spiro atoms. The average molecular weight is 255 g/mol. The maximum Gasteiger partial charge on any atom is 0.195 e. The Bertz CT molecular complexity index is 633. The van der Waals surface area contributed by atoms with Crippen molar-refractivity contribution >= 4 is 11.5 Å². The van der Waals surface area contributed by atoms with Crippen molar-refractivity contribution in [2.75, 3.05) is 12.8 Å². The van der Waals surface area contributed by atoms with Crippen LogP contribution >= 0.6 is 0 Å². The van der Waals surface area contributed by atoms with Crippen LogP contribution < -0.4 is 10.5 Å². The zero-order valence-electron chi connectivity index (χ0n) is 11.4. The number of para-hydroxylation sites is 1. The van der Waals surface area contributed by atoms with Gasteiger partial charge >= 0.3 is 0 Å². The van der Waals surface area contributed by atoms with Crippen LogP contribution in [0.15, 0.2) is 36.4 Å². The van der Waals surface area contributed by atoms with Gasteiger partial charge in [0.15, 0.2) is 5.78 Å². The van der Waals surface area contributed by atoms with Crippen LogP contribution in [0.3, 0.4) is 0 Å². The number of hydrogen-bond acceptors (Lipinski definition) is 3. The van der Waals surface area contributed by atoms with Crippen molar-refractivity contribution in [2.45, 2.75) is 13.8 Å². The molecule has 0 atom stereocenters. The number of anilines is 1. The van der Waals surface area contributed by atoms with Gasteiger partial charge in [-0.25, -0.2) is 0 Å². The number of ether oxygens (including phenoxy) is 1. The van der Waals surface area contributed by atoms with Crippen molar-refractivity contribution in [1.82, 2.24) is 0 Å². The fraction of sp³-hybridized carbons (Fsp3) is 0.188. The van der Waals surface area contributed by atoms with Gasteiger partial charge in [0.05, 0.1) is 7.11 Å². The molecule has 19 heavy (non-hydrogen) atoms. The van der Waals surface area contributed by atoms with Crippen LogP contribution in [0.1, 0.15) is 27.0 Å². The Kier molecular flexibility index (Phi) is 3.56. The summed E-state index contributed by atoms with van der Waals surface area (Å²) in [6.07, 6.45) is 0. The van der Waals surface area contributed by atoms with Crippen molar-refractivity contribution in [1.29, 1.82) is 0 Å². The molecule has 0 amide bonds. The number of methoxy groups -OCH3 is 1. The summed E-state index contributed by atoms with van der Waals surface area (Å²) in [6, 6.07) is 10.9. The number of benzene rings is 2. The Morgan fingerprint density at radius 3 is 2.47 bits per heavy atom. The van der Waals surface area contributed by atoms with E-state index in [-0.39, 0.29) is 5.78 Å². The van der Waals surface area contributed by atoms with E-state index in [4.69, 9.17) is 10.5 Å². The smallest absolute Gasteiger partial charge is 0.195 e. The van der Waals surface area contributed by atoms with E-state index >= 15 is 0 Å². The number of carbonyl (C=O) groups excluding carboxylic acids is 1. The van der Waals surface area contributed by atoms with Crippen molar-refractivity contribution < 1.29 is 9.53 Å². The Balaban J connectivity index is 2.44. The Hall–Kier alpha value is -2.29. The summed E-state index contributed by atoms with van der Waals surface area (Å²) in [4.78, 5) is 12.5. The number of carbonyl (C=O) groups is 1. The van der Waals surface area contributed by atoms with Crippen LogP contribution in [-0.4, -0.2) is 12.9 Å². The number of nitrogens with two attached hydrogens (primary N) is 1. The fourth-order valence-corrected chi connectivity index (χ4v) is 2.05. The van der Waals surface area contributed by atoms with E-state index in [0.717, 1.165) is 16.9 Å². The molecule has 0 radical (unpaired) electrons. The summed E-state index contributed by atoms with van der Waals surface area (Å²) >= 11 is 0. The molecule has 0 saturated heterocycles. The van der Waals surface area contributed by atoms with E-state index in [9.17, 15) is 4.79 Å². The van der Waals surface area contributed by atoms with E-state index in [1.807, 2.05) is 32.0 Å². The van der Waals surface area contributed by atoms with Crippen molar-refractivity contribution in [3.05, 3.63) is 58.7 Å². The summed E-state index contributed by atoms with van der Waals surface area (Å²) in [6.45, 7) is 3.81. The fourth-order valence-electron chi connectivity index (χ4n) is 2.05. The van der Waals surface area contributed by atoms with Gasteiger partial charge in [0.1, 0.15) is 5.75 Å². The molecule has 0 unspecified atom stereocenters. The SMILES string of the molecule is COc1ccc(C(=O)c2cccc(C)c2N)cc1C. The molecule has 0 aliphatic rings. The first kappa shape index (κ1) is 13.1. The maximum atomic E-state index is 12.5. The summed E-state index contributed by atoms with van der Waals surface area (Å²) in [5.41, 5.74) is 9.52. The highest BCUT2D eigenvalue weighted by atomic mass is 16.5. The highest BCUT2D eigenvalue weighted by Gasteiger charge is 2.14. The number of rotatable bonds is 3. The topological polar surface area (TPSA) is 52.3 Å². The molecule has 0 bridgehead atoms. The highest BCUT2D eigenvalue weighted by molar-refractivity contribution is 6.12. The number of ketones is 1. The Labute approximate surface area is 113 Å². The molecule has 2 aromatic rings. The lowest BCUT2D eigenvalue weighted by Gasteiger charge is -2.09.